The quantitative estimate of drug-likeness (QED) is 0.0169. The second kappa shape index (κ2) is 28.2. The molecule has 81 heavy (non-hydrogen) atoms. The van der Waals surface area contributed by atoms with Crippen molar-refractivity contribution in [3.8, 4) is 49.3 Å². The van der Waals surface area contributed by atoms with E-state index in [4.69, 9.17) is 23.7 Å². The number of phenols is 2. The van der Waals surface area contributed by atoms with Crippen molar-refractivity contribution in [3.05, 3.63) is 143 Å². The summed E-state index contributed by atoms with van der Waals surface area (Å²) in [6.45, 7) is 11.4. The molecule has 0 spiro atoms. The molecule has 18 nitrogen and oxygen atoms in total. The summed E-state index contributed by atoms with van der Waals surface area (Å²) in [6.07, 6.45) is 0.735. The van der Waals surface area contributed by atoms with Crippen molar-refractivity contribution in [1.29, 1.82) is 0 Å². The van der Waals surface area contributed by atoms with Crippen LogP contribution in [-0.2, 0) is 33.3 Å². The number of nitrogens with one attached hydrogen (secondary N) is 3. The highest BCUT2D eigenvalue weighted by Gasteiger charge is 2.44. The average molecular weight is 1140 g/mol. The van der Waals surface area contributed by atoms with Crippen molar-refractivity contribution in [2.45, 2.75) is 65.3 Å². The van der Waals surface area contributed by atoms with Gasteiger partial charge in [-0.2, -0.15) is 5.10 Å². The number of carbonyl (C=O) groups is 4. The Morgan fingerprint density at radius 3 is 2.00 bits per heavy atom. The van der Waals surface area contributed by atoms with Crippen LogP contribution >= 0.6 is 22.7 Å². The molecule has 7 aromatic rings. The Labute approximate surface area is 478 Å². The molecule has 1 fully saturated rings. The zero-order valence-corrected chi connectivity index (χ0v) is 47.5. The third kappa shape index (κ3) is 16.3. The molecule has 4 amide bonds. The normalized spacial score (nSPS) is 15.2. The third-order valence-electron chi connectivity index (χ3n) is 13.4. The number of aromatic hydroxyl groups is 2. The number of aliphatic hydroxyl groups excluding tert-OH is 1. The van der Waals surface area contributed by atoms with Gasteiger partial charge in [0.15, 0.2) is 0 Å². The molecule has 1 aliphatic heterocycles. The molecule has 3 heterocycles. The fourth-order valence-electron chi connectivity index (χ4n) is 9.12. The van der Waals surface area contributed by atoms with E-state index < -0.39 is 35.4 Å². The number of aryl methyl sites for hydroxylation is 1. The van der Waals surface area contributed by atoms with E-state index in [1.54, 1.807) is 77.4 Å². The summed E-state index contributed by atoms with van der Waals surface area (Å²) in [5.41, 5.74) is 10.6. The number of β-amino-alcohol motifs (C(OH)–C–C–N with tert-alkyl or cyclic N) is 1. The van der Waals surface area contributed by atoms with Gasteiger partial charge in [0.2, 0.25) is 17.7 Å². The average Bonchev–Trinajstić information content (AvgIpc) is 4.22. The number of thiophene rings is 1. The van der Waals surface area contributed by atoms with Gasteiger partial charge in [-0.1, -0.05) is 57.2 Å². The van der Waals surface area contributed by atoms with Gasteiger partial charge in [-0.25, -0.2) is 10.4 Å². The van der Waals surface area contributed by atoms with Crippen LogP contribution in [0.25, 0.3) is 42.1 Å². The number of ether oxygens (including phenoxy) is 5. The lowest BCUT2D eigenvalue weighted by molar-refractivity contribution is -0.144. The molecule has 8 rings (SSSR count). The number of thiazole rings is 1. The van der Waals surface area contributed by atoms with Crippen molar-refractivity contribution in [1.82, 2.24) is 25.9 Å². The van der Waals surface area contributed by atoms with Gasteiger partial charge in [-0.3, -0.25) is 19.2 Å². The fraction of sp³-hybridized carbons (Fsp3) is 0.344. The maximum atomic E-state index is 14.0. The first-order chi connectivity index (χ1) is 39.0. The Bertz CT molecular complexity index is 3250. The van der Waals surface area contributed by atoms with Crippen molar-refractivity contribution >= 4 is 62.6 Å². The minimum Gasteiger partial charge on any atom is -0.508 e. The van der Waals surface area contributed by atoms with Crippen LogP contribution in [0.2, 0.25) is 0 Å². The van der Waals surface area contributed by atoms with Crippen LogP contribution in [0.5, 0.6) is 17.2 Å². The van der Waals surface area contributed by atoms with Gasteiger partial charge in [-0.05, 0) is 126 Å². The molecule has 1 aliphatic rings. The molecule has 1 saturated heterocycles. The number of hydrogen-bond acceptors (Lipinski definition) is 16. The molecule has 0 radical (unpaired) electrons. The Morgan fingerprint density at radius 1 is 0.753 bits per heavy atom. The van der Waals surface area contributed by atoms with Crippen LogP contribution in [-0.4, -0.2) is 139 Å². The second-order valence-corrected chi connectivity index (χ2v) is 22.4. The number of fused-ring (bicyclic) bond motifs is 1. The molecule has 426 valence electrons. The van der Waals surface area contributed by atoms with E-state index >= 15 is 0 Å². The number of aliphatic hydroxyl groups is 1. The van der Waals surface area contributed by atoms with Gasteiger partial charge in [0.05, 0.1) is 80.7 Å². The molecule has 4 atom stereocenters. The summed E-state index contributed by atoms with van der Waals surface area (Å²) < 4.78 is 29.0. The molecule has 0 saturated carbocycles. The Hall–Kier alpha value is -7.56. The predicted molar refractivity (Wildman–Crippen MR) is 313 cm³/mol. The highest BCUT2D eigenvalue weighted by atomic mass is 32.1. The second-order valence-electron chi connectivity index (χ2n) is 20.5. The van der Waals surface area contributed by atoms with E-state index in [0.717, 1.165) is 58.9 Å². The van der Waals surface area contributed by atoms with Gasteiger partial charge in [0, 0.05) is 39.1 Å². The number of nitrogens with zero attached hydrogens (tertiary/aromatic N) is 3. The molecule has 0 unspecified atom stereocenters. The Morgan fingerprint density at radius 2 is 1.36 bits per heavy atom. The minimum absolute atomic E-state index is 0.0320. The van der Waals surface area contributed by atoms with Gasteiger partial charge < -0.3 is 54.5 Å². The standard InChI is InChI=1S/C61H68N6O12S2/c1-38(41-8-12-43(13-9-41)55-39(2)62-37-80-55)64-59(73)51-32-48(70)35-67(51)60(74)57(61(3,4)5)65-53(71)36-78-29-28-76-25-24-75-26-27-77-30-31-79-49-21-6-40(7-22-49)34-63-66-58(72)45-14-10-42(11-15-45)54-50-23-20-47(69)33-52(50)81-56(54)44-16-18-46(68)19-17-44/h6-23,33-34,37-38,48,51,57,68-70H,24-32,35-36H2,1-5H3,(H,64,73)(H,65,71)(H,66,72)/b63-34+/t38-,48+,51-,57+/m0/s1. The third-order valence-corrected chi connectivity index (χ3v) is 15.6. The van der Waals surface area contributed by atoms with Crippen LogP contribution in [0.4, 0.5) is 0 Å². The number of hydrogen-bond donors (Lipinski definition) is 6. The highest BCUT2D eigenvalue weighted by Crippen LogP contribution is 2.46. The van der Waals surface area contributed by atoms with E-state index in [-0.39, 0.29) is 62.1 Å². The largest absolute Gasteiger partial charge is 0.508 e. The monoisotopic (exact) mass is 1140 g/mol. The topological polar surface area (TPSA) is 240 Å². The van der Waals surface area contributed by atoms with Crippen LogP contribution in [0.15, 0.2) is 126 Å². The number of benzene rings is 5. The van der Waals surface area contributed by atoms with Crippen LogP contribution in [0, 0.1) is 12.3 Å². The van der Waals surface area contributed by atoms with Crippen LogP contribution in [0.3, 0.4) is 0 Å². The first kappa shape index (κ1) is 59.6. The molecule has 0 bridgehead atoms. The van der Waals surface area contributed by atoms with Crippen LogP contribution < -0.4 is 20.8 Å². The number of likely N-dealkylation sites (tertiary alicyclic amines) is 1. The maximum Gasteiger partial charge on any atom is 0.271 e. The smallest absolute Gasteiger partial charge is 0.271 e. The van der Waals surface area contributed by atoms with E-state index in [2.05, 4.69) is 26.1 Å². The fourth-order valence-corrected chi connectivity index (χ4v) is 11.2. The summed E-state index contributed by atoms with van der Waals surface area (Å²) in [4.78, 5) is 61.4. The Balaban J connectivity index is 0.657. The summed E-state index contributed by atoms with van der Waals surface area (Å²) in [5, 5.41) is 41.5. The van der Waals surface area contributed by atoms with Crippen molar-refractivity contribution in [2.75, 3.05) is 66.0 Å². The van der Waals surface area contributed by atoms with E-state index in [9.17, 15) is 34.5 Å². The van der Waals surface area contributed by atoms with Crippen molar-refractivity contribution in [3.63, 3.8) is 0 Å². The van der Waals surface area contributed by atoms with Gasteiger partial charge >= 0.3 is 0 Å². The number of amides is 4. The number of phenolic OH excluding ortho intramolecular Hbond substituents is 2. The Kier molecular flexibility index (Phi) is 20.8. The first-order valence-electron chi connectivity index (χ1n) is 26.6. The van der Waals surface area contributed by atoms with Crippen molar-refractivity contribution < 1.29 is 58.2 Å². The van der Waals surface area contributed by atoms with Gasteiger partial charge in [0.1, 0.15) is 42.5 Å². The van der Waals surface area contributed by atoms with Gasteiger partial charge in [0.25, 0.3) is 5.91 Å². The number of hydrazone groups is 1. The summed E-state index contributed by atoms with van der Waals surface area (Å²) in [6, 6.07) is 32.4. The lowest BCUT2D eigenvalue weighted by Crippen LogP contribution is -2.58. The molecule has 6 N–H and O–H groups in total. The predicted octanol–water partition coefficient (Wildman–Crippen LogP) is 8.66. The molecule has 0 aliphatic carbocycles. The lowest BCUT2D eigenvalue weighted by Gasteiger charge is -2.35. The highest BCUT2D eigenvalue weighted by molar-refractivity contribution is 7.23. The zero-order chi connectivity index (χ0) is 57.5. The lowest BCUT2D eigenvalue weighted by atomic mass is 9.85. The molecule has 5 aromatic carbocycles. The number of carbonyl (C=O) groups excluding carboxylic acids is 4. The number of rotatable bonds is 26. The van der Waals surface area contributed by atoms with E-state index in [1.807, 2.05) is 107 Å². The van der Waals surface area contributed by atoms with E-state index in [0.29, 0.717) is 51.0 Å². The minimum atomic E-state index is -0.984. The summed E-state index contributed by atoms with van der Waals surface area (Å²) >= 11 is 3.11. The molecule has 20 heteroatoms. The van der Waals surface area contributed by atoms with Crippen molar-refractivity contribution in [2.24, 2.45) is 10.5 Å². The first-order valence-corrected chi connectivity index (χ1v) is 28.3. The van der Waals surface area contributed by atoms with Gasteiger partial charge in [-0.15, -0.1) is 22.7 Å². The zero-order valence-electron chi connectivity index (χ0n) is 45.9. The molecular formula is C61H68N6O12S2. The maximum absolute atomic E-state index is 14.0. The SMILES string of the molecule is Cc1ncsc1-c1ccc([C@H](C)NC(=O)[C@@H]2C[C@@H](O)CN2C(=O)[C@@H](NC(=O)COCCOCCOCCOCCOc2ccc(/C=N/NC(=O)c3ccc(-c4c(-c5ccc(O)cc5)sc5cc(O)ccc45)cc3)cc2)C(C)(C)C)cc1. The van der Waals surface area contributed by atoms with Crippen LogP contribution in [0.1, 0.15) is 67.3 Å². The molecular weight excluding hydrogens is 1070 g/mol. The summed E-state index contributed by atoms with van der Waals surface area (Å²) in [7, 11) is 0. The van der Waals surface area contributed by atoms with E-state index in [1.165, 1.54) is 4.90 Å². The summed E-state index contributed by atoms with van der Waals surface area (Å²) in [5.74, 6) is -0.706. The number of aromatic nitrogens is 1. The molecule has 2 aromatic heterocycles.